The summed E-state index contributed by atoms with van der Waals surface area (Å²) in [5, 5.41) is 12.8. The van der Waals surface area contributed by atoms with Crippen LogP contribution in [0.1, 0.15) is 44.1 Å². The van der Waals surface area contributed by atoms with Gasteiger partial charge in [0, 0.05) is 36.4 Å². The number of nitrogens with one attached hydrogen (secondary N) is 1. The number of hydrogen-bond acceptors (Lipinski definition) is 3. The van der Waals surface area contributed by atoms with Crippen LogP contribution in [0.5, 0.6) is 0 Å². The summed E-state index contributed by atoms with van der Waals surface area (Å²) in [6, 6.07) is 6.33. The average Bonchev–Trinajstić information content (AvgIpc) is 3.16. The van der Waals surface area contributed by atoms with Crippen LogP contribution in [0.4, 0.5) is 10.1 Å². The topological polar surface area (TPSA) is 35.5 Å². The second kappa shape index (κ2) is 6.75. The van der Waals surface area contributed by atoms with Crippen molar-refractivity contribution in [1.29, 1.82) is 0 Å². The fourth-order valence-electron chi connectivity index (χ4n) is 3.35. The summed E-state index contributed by atoms with van der Waals surface area (Å²) < 4.78 is 14.3. The molecule has 2 aliphatic carbocycles. The van der Waals surface area contributed by atoms with Gasteiger partial charge in [-0.2, -0.15) is 0 Å². The summed E-state index contributed by atoms with van der Waals surface area (Å²) >= 11 is 0. The highest BCUT2D eigenvalue weighted by Crippen LogP contribution is 2.32. The molecule has 3 rings (SSSR count). The van der Waals surface area contributed by atoms with Gasteiger partial charge in [0.05, 0.1) is 6.61 Å². The van der Waals surface area contributed by atoms with Crippen molar-refractivity contribution < 1.29 is 9.50 Å². The van der Waals surface area contributed by atoms with Crippen molar-refractivity contribution in [2.24, 2.45) is 0 Å². The lowest BCUT2D eigenvalue weighted by Crippen LogP contribution is -2.37. The Morgan fingerprint density at radius 2 is 1.95 bits per heavy atom. The molecule has 0 bridgehead atoms. The third-order valence-electron chi connectivity index (χ3n) is 4.65. The van der Waals surface area contributed by atoms with Crippen molar-refractivity contribution >= 4 is 5.69 Å². The van der Waals surface area contributed by atoms with Crippen LogP contribution in [0.3, 0.4) is 0 Å². The highest BCUT2D eigenvalue weighted by atomic mass is 19.1. The Morgan fingerprint density at radius 1 is 1.19 bits per heavy atom. The Morgan fingerprint density at radius 3 is 2.62 bits per heavy atom. The molecule has 2 fully saturated rings. The largest absolute Gasteiger partial charge is 0.395 e. The molecule has 2 saturated carbocycles. The second-order valence-electron chi connectivity index (χ2n) is 6.25. The molecule has 0 atom stereocenters. The Bertz CT molecular complexity index is 470. The zero-order valence-electron chi connectivity index (χ0n) is 12.5. The predicted molar refractivity (Wildman–Crippen MR) is 82.9 cm³/mol. The number of hydrogen-bond donors (Lipinski definition) is 2. The second-order valence-corrected chi connectivity index (χ2v) is 6.25. The molecule has 0 spiro atoms. The van der Waals surface area contributed by atoms with E-state index in [1.54, 1.807) is 12.1 Å². The first kappa shape index (κ1) is 14.8. The SMILES string of the molecule is OCCN(c1cccc(F)c1CNC1CC1)C1CCCC1. The monoisotopic (exact) mass is 292 g/mol. The van der Waals surface area contributed by atoms with E-state index in [9.17, 15) is 9.50 Å². The molecule has 0 aliphatic heterocycles. The van der Waals surface area contributed by atoms with E-state index in [4.69, 9.17) is 0 Å². The van der Waals surface area contributed by atoms with Crippen LogP contribution < -0.4 is 10.2 Å². The minimum absolute atomic E-state index is 0.114. The Balaban J connectivity index is 1.83. The maximum atomic E-state index is 14.3. The summed E-state index contributed by atoms with van der Waals surface area (Å²) in [5.74, 6) is -0.137. The highest BCUT2D eigenvalue weighted by Gasteiger charge is 2.26. The van der Waals surface area contributed by atoms with Crippen molar-refractivity contribution in [2.45, 2.75) is 57.2 Å². The molecule has 0 radical (unpaired) electrons. The number of anilines is 1. The summed E-state index contributed by atoms with van der Waals surface area (Å²) in [5.41, 5.74) is 1.72. The van der Waals surface area contributed by atoms with Gasteiger partial charge in [0.1, 0.15) is 5.82 Å². The number of aliphatic hydroxyl groups is 1. The first-order valence-electron chi connectivity index (χ1n) is 8.18. The van der Waals surface area contributed by atoms with E-state index in [0.717, 1.165) is 24.1 Å². The fourth-order valence-corrected chi connectivity index (χ4v) is 3.35. The normalized spacial score (nSPS) is 19.1. The zero-order valence-corrected chi connectivity index (χ0v) is 12.5. The van der Waals surface area contributed by atoms with Crippen LogP contribution >= 0.6 is 0 Å². The van der Waals surface area contributed by atoms with Gasteiger partial charge in [-0.05, 0) is 37.8 Å². The number of halogens is 1. The van der Waals surface area contributed by atoms with Gasteiger partial charge in [0.15, 0.2) is 0 Å². The molecule has 0 amide bonds. The molecule has 3 nitrogen and oxygen atoms in total. The van der Waals surface area contributed by atoms with Crippen molar-refractivity contribution in [2.75, 3.05) is 18.1 Å². The molecule has 116 valence electrons. The Kier molecular flexibility index (Phi) is 4.76. The minimum Gasteiger partial charge on any atom is -0.395 e. The van der Waals surface area contributed by atoms with E-state index < -0.39 is 0 Å². The standard InChI is InChI=1S/C17H25FN2O/c18-16-6-3-7-17(15(16)12-19-13-8-9-13)20(10-11-21)14-4-1-2-5-14/h3,6-7,13-14,19,21H,1-2,4-5,8-12H2. The summed E-state index contributed by atoms with van der Waals surface area (Å²) in [6.07, 6.45) is 7.16. The quantitative estimate of drug-likeness (QED) is 0.811. The fraction of sp³-hybridized carbons (Fsp3) is 0.647. The molecule has 1 aromatic rings. The maximum absolute atomic E-state index is 14.3. The molecule has 0 heterocycles. The molecule has 21 heavy (non-hydrogen) atoms. The molecule has 2 N–H and O–H groups in total. The lowest BCUT2D eigenvalue weighted by molar-refractivity contribution is 0.297. The summed E-state index contributed by atoms with van der Waals surface area (Å²) in [4.78, 5) is 2.22. The van der Waals surface area contributed by atoms with E-state index in [2.05, 4.69) is 10.2 Å². The molecule has 1 aromatic carbocycles. The Labute approximate surface area is 126 Å². The van der Waals surface area contributed by atoms with Crippen molar-refractivity contribution in [3.63, 3.8) is 0 Å². The molecular weight excluding hydrogens is 267 g/mol. The molecular formula is C17H25FN2O. The van der Waals surface area contributed by atoms with Crippen molar-refractivity contribution in [3.8, 4) is 0 Å². The summed E-state index contributed by atoms with van der Waals surface area (Å²) in [7, 11) is 0. The van der Waals surface area contributed by atoms with Gasteiger partial charge >= 0.3 is 0 Å². The third-order valence-corrected chi connectivity index (χ3v) is 4.65. The van der Waals surface area contributed by atoms with E-state index in [1.807, 2.05) is 6.07 Å². The van der Waals surface area contributed by atoms with Gasteiger partial charge in [0.2, 0.25) is 0 Å². The molecule has 4 heteroatoms. The van der Waals surface area contributed by atoms with Gasteiger partial charge in [-0.25, -0.2) is 4.39 Å². The molecule has 0 aromatic heterocycles. The summed E-state index contributed by atoms with van der Waals surface area (Å²) in [6.45, 7) is 1.29. The number of nitrogens with zero attached hydrogens (tertiary/aromatic N) is 1. The molecule has 0 unspecified atom stereocenters. The van der Waals surface area contributed by atoms with Crippen LogP contribution in [0.2, 0.25) is 0 Å². The first-order valence-corrected chi connectivity index (χ1v) is 8.18. The number of aliphatic hydroxyl groups excluding tert-OH is 1. The van der Waals surface area contributed by atoms with Gasteiger partial charge in [0.25, 0.3) is 0 Å². The predicted octanol–water partition coefficient (Wildman–Crippen LogP) is 2.82. The van der Waals surface area contributed by atoms with Gasteiger partial charge < -0.3 is 15.3 Å². The number of benzene rings is 1. The lowest BCUT2D eigenvalue weighted by Gasteiger charge is -2.32. The van der Waals surface area contributed by atoms with E-state index in [-0.39, 0.29) is 12.4 Å². The van der Waals surface area contributed by atoms with E-state index in [1.165, 1.54) is 25.7 Å². The van der Waals surface area contributed by atoms with E-state index in [0.29, 0.717) is 25.2 Å². The lowest BCUT2D eigenvalue weighted by atomic mass is 10.1. The first-order chi connectivity index (χ1) is 10.3. The van der Waals surface area contributed by atoms with Crippen molar-refractivity contribution in [3.05, 3.63) is 29.6 Å². The smallest absolute Gasteiger partial charge is 0.129 e. The Hall–Kier alpha value is -1.13. The average molecular weight is 292 g/mol. The van der Waals surface area contributed by atoms with Gasteiger partial charge in [-0.1, -0.05) is 18.9 Å². The van der Waals surface area contributed by atoms with Crippen LogP contribution in [0.25, 0.3) is 0 Å². The maximum Gasteiger partial charge on any atom is 0.129 e. The van der Waals surface area contributed by atoms with Crippen LogP contribution in [-0.2, 0) is 6.54 Å². The minimum atomic E-state index is -0.137. The van der Waals surface area contributed by atoms with Gasteiger partial charge in [-0.15, -0.1) is 0 Å². The van der Waals surface area contributed by atoms with Crippen LogP contribution in [0, 0.1) is 5.82 Å². The van der Waals surface area contributed by atoms with Crippen molar-refractivity contribution in [1.82, 2.24) is 5.32 Å². The third kappa shape index (κ3) is 3.55. The van der Waals surface area contributed by atoms with Gasteiger partial charge in [-0.3, -0.25) is 0 Å². The van der Waals surface area contributed by atoms with Crippen LogP contribution in [0.15, 0.2) is 18.2 Å². The molecule has 2 aliphatic rings. The molecule has 0 saturated heterocycles. The number of rotatable bonds is 7. The highest BCUT2D eigenvalue weighted by molar-refractivity contribution is 5.55. The van der Waals surface area contributed by atoms with E-state index >= 15 is 0 Å². The zero-order chi connectivity index (χ0) is 14.7. The van der Waals surface area contributed by atoms with Crippen LogP contribution in [-0.4, -0.2) is 30.3 Å².